The minimum Gasteiger partial charge on any atom is -0.352 e. The van der Waals surface area contributed by atoms with E-state index >= 15 is 4.39 Å². The zero-order valence-electron chi connectivity index (χ0n) is 24.7. The van der Waals surface area contributed by atoms with E-state index in [0.717, 1.165) is 35.6 Å². The van der Waals surface area contributed by atoms with E-state index in [1.807, 2.05) is 30.3 Å². The van der Waals surface area contributed by atoms with Crippen LogP contribution in [0.5, 0.6) is 0 Å². The van der Waals surface area contributed by atoms with E-state index in [4.69, 9.17) is 11.6 Å². The van der Waals surface area contributed by atoms with E-state index in [1.165, 1.54) is 35.2 Å². The van der Waals surface area contributed by atoms with Crippen molar-refractivity contribution in [1.82, 2.24) is 10.2 Å². The number of hydrogen-bond donors (Lipinski definition) is 1. The zero-order valence-corrected chi connectivity index (χ0v) is 26.3. The van der Waals surface area contributed by atoms with Gasteiger partial charge in [0.2, 0.25) is 11.8 Å². The zero-order chi connectivity index (χ0) is 31.8. The molecule has 7 nitrogen and oxygen atoms in total. The Morgan fingerprint density at radius 2 is 1.44 bits per heavy atom. The fraction of sp³-hybridized carbons (Fsp3) is 0.257. The van der Waals surface area contributed by atoms with Crippen LogP contribution in [-0.4, -0.2) is 43.8 Å². The van der Waals surface area contributed by atoms with Gasteiger partial charge in [-0.3, -0.25) is 13.9 Å². The fourth-order valence-electron chi connectivity index (χ4n) is 5.59. The molecule has 10 heteroatoms. The standard InChI is InChI=1S/C35H35ClFN3O4S/c36-28-19-21-30(22-20-28)40(45(43,44)31-16-5-2-6-17-31)25-34(41)39(24-27-13-7-10-18-32(27)37)33(23-26-11-3-1-4-12-26)35(42)38-29-14-8-9-15-29/h1-7,10-13,16-22,29,33H,8-9,14-15,23-25H2,(H,38,42). The van der Waals surface area contributed by atoms with Crippen molar-refractivity contribution in [3.05, 3.63) is 131 Å². The Morgan fingerprint density at radius 3 is 2.09 bits per heavy atom. The van der Waals surface area contributed by atoms with Crippen molar-refractivity contribution in [2.24, 2.45) is 0 Å². The summed E-state index contributed by atoms with van der Waals surface area (Å²) >= 11 is 6.11. The molecule has 1 aliphatic rings. The first-order valence-corrected chi connectivity index (χ1v) is 16.7. The lowest BCUT2D eigenvalue weighted by Gasteiger charge is -2.34. The van der Waals surface area contributed by atoms with Gasteiger partial charge in [0, 0.05) is 29.6 Å². The molecule has 4 aromatic rings. The number of sulfonamides is 1. The van der Waals surface area contributed by atoms with Crippen LogP contribution in [-0.2, 0) is 32.6 Å². The third kappa shape index (κ3) is 8.09. The lowest BCUT2D eigenvalue weighted by molar-refractivity contribution is -0.140. The SMILES string of the molecule is O=C(NC1CCCC1)C(Cc1ccccc1)N(Cc1ccccc1F)C(=O)CN(c1ccc(Cl)cc1)S(=O)(=O)c1ccccc1. The van der Waals surface area contributed by atoms with E-state index in [9.17, 15) is 18.0 Å². The van der Waals surface area contributed by atoms with Gasteiger partial charge in [-0.2, -0.15) is 0 Å². The van der Waals surface area contributed by atoms with Gasteiger partial charge in [-0.05, 0) is 60.9 Å². The van der Waals surface area contributed by atoms with Gasteiger partial charge in [-0.1, -0.05) is 91.2 Å². The highest BCUT2D eigenvalue weighted by molar-refractivity contribution is 7.92. The summed E-state index contributed by atoms with van der Waals surface area (Å²) < 4.78 is 44.0. The molecule has 1 N–H and O–H groups in total. The van der Waals surface area contributed by atoms with Gasteiger partial charge in [0.05, 0.1) is 10.6 Å². The molecule has 1 aliphatic carbocycles. The summed E-state index contributed by atoms with van der Waals surface area (Å²) in [6, 6.07) is 28.2. The second-order valence-corrected chi connectivity index (χ2v) is 13.4. The summed E-state index contributed by atoms with van der Waals surface area (Å²) in [5.41, 5.74) is 1.24. The monoisotopic (exact) mass is 647 g/mol. The van der Waals surface area contributed by atoms with Crippen molar-refractivity contribution in [2.75, 3.05) is 10.8 Å². The summed E-state index contributed by atoms with van der Waals surface area (Å²) in [6.07, 6.45) is 3.83. The predicted molar refractivity (Wildman–Crippen MR) is 174 cm³/mol. The van der Waals surface area contributed by atoms with Gasteiger partial charge in [0.1, 0.15) is 18.4 Å². The Labute approximate surface area is 268 Å². The average Bonchev–Trinajstić information content (AvgIpc) is 3.56. The van der Waals surface area contributed by atoms with Gasteiger partial charge in [-0.15, -0.1) is 0 Å². The summed E-state index contributed by atoms with van der Waals surface area (Å²) in [5.74, 6) is -1.55. The van der Waals surface area contributed by atoms with Crippen molar-refractivity contribution >= 4 is 39.1 Å². The number of halogens is 2. The third-order valence-electron chi connectivity index (χ3n) is 8.00. The molecule has 0 bridgehead atoms. The van der Waals surface area contributed by atoms with Gasteiger partial charge in [0.25, 0.3) is 10.0 Å². The normalized spacial score (nSPS) is 14.1. The molecule has 1 atom stereocenters. The van der Waals surface area contributed by atoms with Gasteiger partial charge in [-0.25, -0.2) is 12.8 Å². The number of carbonyl (C=O) groups is 2. The lowest BCUT2D eigenvalue weighted by Crippen LogP contribution is -2.54. The predicted octanol–water partition coefficient (Wildman–Crippen LogP) is 6.37. The molecule has 1 saturated carbocycles. The molecule has 1 unspecified atom stereocenters. The molecule has 0 aromatic heterocycles. The summed E-state index contributed by atoms with van der Waals surface area (Å²) in [7, 11) is -4.23. The van der Waals surface area contributed by atoms with Crippen LogP contribution in [0.1, 0.15) is 36.8 Å². The molecule has 45 heavy (non-hydrogen) atoms. The molecule has 2 amide bonds. The molecule has 0 heterocycles. The second-order valence-electron chi connectivity index (χ2n) is 11.1. The first-order valence-electron chi connectivity index (χ1n) is 14.9. The van der Waals surface area contributed by atoms with E-state index < -0.39 is 34.3 Å². The molecule has 0 radical (unpaired) electrons. The Hall–Kier alpha value is -4.21. The number of carbonyl (C=O) groups excluding carboxylic acids is 2. The average molecular weight is 648 g/mol. The van der Waals surface area contributed by atoms with E-state index in [2.05, 4.69) is 5.32 Å². The molecule has 4 aromatic carbocycles. The van der Waals surface area contributed by atoms with Crippen LogP contribution in [0.3, 0.4) is 0 Å². The van der Waals surface area contributed by atoms with Gasteiger partial charge in [0.15, 0.2) is 0 Å². The van der Waals surface area contributed by atoms with Gasteiger partial charge < -0.3 is 10.2 Å². The van der Waals surface area contributed by atoms with Crippen LogP contribution < -0.4 is 9.62 Å². The number of nitrogens with zero attached hydrogens (tertiary/aromatic N) is 2. The minimum atomic E-state index is -4.23. The maximum atomic E-state index is 15.1. The first-order chi connectivity index (χ1) is 21.7. The highest BCUT2D eigenvalue weighted by Gasteiger charge is 2.35. The quantitative estimate of drug-likeness (QED) is 0.194. The van der Waals surface area contributed by atoms with Crippen LogP contribution in [0.4, 0.5) is 10.1 Å². The Balaban J connectivity index is 1.56. The van der Waals surface area contributed by atoms with Crippen LogP contribution in [0.25, 0.3) is 0 Å². The Bertz CT molecular complexity index is 1700. The fourth-order valence-corrected chi connectivity index (χ4v) is 7.15. The van der Waals surface area contributed by atoms with E-state index in [0.29, 0.717) is 5.02 Å². The molecule has 5 rings (SSSR count). The highest BCUT2D eigenvalue weighted by Crippen LogP contribution is 2.27. The number of rotatable bonds is 12. The van der Waals surface area contributed by atoms with Crippen molar-refractivity contribution in [3.8, 4) is 0 Å². The van der Waals surface area contributed by atoms with Crippen molar-refractivity contribution in [3.63, 3.8) is 0 Å². The second kappa shape index (κ2) is 14.7. The smallest absolute Gasteiger partial charge is 0.264 e. The van der Waals surface area contributed by atoms with Crippen LogP contribution in [0.15, 0.2) is 114 Å². The van der Waals surface area contributed by atoms with Crippen molar-refractivity contribution < 1.29 is 22.4 Å². The van der Waals surface area contributed by atoms with Crippen LogP contribution in [0.2, 0.25) is 5.02 Å². The summed E-state index contributed by atoms with van der Waals surface area (Å²) in [5, 5.41) is 3.51. The number of hydrogen-bond acceptors (Lipinski definition) is 4. The van der Waals surface area contributed by atoms with Crippen LogP contribution in [0, 0.1) is 5.82 Å². The molecule has 0 saturated heterocycles. The van der Waals surface area contributed by atoms with E-state index in [1.54, 1.807) is 48.5 Å². The maximum Gasteiger partial charge on any atom is 0.264 e. The number of nitrogens with one attached hydrogen (secondary N) is 1. The number of benzene rings is 4. The molecule has 234 valence electrons. The number of amides is 2. The summed E-state index contributed by atoms with van der Waals surface area (Å²) in [4.78, 5) is 29.7. The van der Waals surface area contributed by atoms with Gasteiger partial charge >= 0.3 is 0 Å². The Kier molecular flexibility index (Phi) is 10.5. The van der Waals surface area contributed by atoms with Crippen molar-refractivity contribution in [1.29, 1.82) is 0 Å². The number of anilines is 1. The molecular formula is C35H35ClFN3O4S. The summed E-state index contributed by atoms with van der Waals surface area (Å²) in [6.45, 7) is -0.865. The van der Waals surface area contributed by atoms with Crippen molar-refractivity contribution in [2.45, 2.75) is 55.6 Å². The van der Waals surface area contributed by atoms with E-state index in [-0.39, 0.29) is 41.1 Å². The topological polar surface area (TPSA) is 86.8 Å². The molecule has 1 fully saturated rings. The first kappa shape index (κ1) is 32.2. The minimum absolute atomic E-state index is 0.00628. The maximum absolute atomic E-state index is 15.1. The Morgan fingerprint density at radius 1 is 0.844 bits per heavy atom. The molecule has 0 spiro atoms. The molecule has 0 aliphatic heterocycles. The van der Waals surface area contributed by atoms with Crippen LogP contribution >= 0.6 is 11.6 Å². The largest absolute Gasteiger partial charge is 0.352 e. The lowest BCUT2D eigenvalue weighted by atomic mass is 10.0. The third-order valence-corrected chi connectivity index (χ3v) is 10.0. The highest BCUT2D eigenvalue weighted by atomic mass is 35.5. The molecular weight excluding hydrogens is 613 g/mol.